The van der Waals surface area contributed by atoms with Crippen molar-refractivity contribution in [3.63, 3.8) is 0 Å². The van der Waals surface area contributed by atoms with Crippen LogP contribution in [-0.4, -0.2) is 23.3 Å². The molecule has 6 heteroatoms. The molecule has 0 bridgehead atoms. The highest BCUT2D eigenvalue weighted by molar-refractivity contribution is 6.05. The number of aromatic nitrogens is 1. The zero-order valence-corrected chi connectivity index (χ0v) is 13.4. The molecule has 1 aromatic carbocycles. The summed E-state index contributed by atoms with van der Waals surface area (Å²) in [5.74, 6) is -1.06. The zero-order valence-electron chi connectivity index (χ0n) is 13.4. The molecule has 5 nitrogen and oxygen atoms in total. The quantitative estimate of drug-likeness (QED) is 0.938. The fourth-order valence-corrected chi connectivity index (χ4v) is 2.86. The van der Waals surface area contributed by atoms with E-state index < -0.39 is 11.7 Å². The van der Waals surface area contributed by atoms with E-state index in [9.17, 15) is 14.0 Å². The topological polar surface area (TPSA) is 62.3 Å². The number of nitrogens with zero attached hydrogens (tertiary/aromatic N) is 2. The predicted molar refractivity (Wildman–Crippen MR) is 89.6 cm³/mol. The summed E-state index contributed by atoms with van der Waals surface area (Å²) in [5.41, 5.74) is 2.43. The number of fused-ring (bicyclic) bond motifs is 1. The summed E-state index contributed by atoms with van der Waals surface area (Å²) in [7, 11) is 0. The van der Waals surface area contributed by atoms with Crippen LogP contribution >= 0.6 is 0 Å². The van der Waals surface area contributed by atoms with Crippen LogP contribution in [0.5, 0.6) is 0 Å². The van der Waals surface area contributed by atoms with Crippen LogP contribution in [0.1, 0.15) is 35.7 Å². The Morgan fingerprint density at radius 1 is 1.33 bits per heavy atom. The van der Waals surface area contributed by atoms with Gasteiger partial charge in [-0.2, -0.15) is 0 Å². The third-order valence-corrected chi connectivity index (χ3v) is 4.00. The lowest BCUT2D eigenvalue weighted by Crippen LogP contribution is -2.35. The van der Waals surface area contributed by atoms with Crippen molar-refractivity contribution < 1.29 is 14.0 Å². The van der Waals surface area contributed by atoms with E-state index in [2.05, 4.69) is 10.3 Å². The smallest absolute Gasteiger partial charge is 0.258 e. The van der Waals surface area contributed by atoms with Crippen LogP contribution in [0, 0.1) is 5.82 Å². The van der Waals surface area contributed by atoms with Gasteiger partial charge < -0.3 is 10.2 Å². The maximum absolute atomic E-state index is 13.6. The highest BCUT2D eigenvalue weighted by Gasteiger charge is 2.23. The highest BCUT2D eigenvalue weighted by atomic mass is 19.1. The molecule has 0 unspecified atom stereocenters. The number of hydrogen-bond acceptors (Lipinski definition) is 3. The van der Waals surface area contributed by atoms with Crippen molar-refractivity contribution in [2.75, 3.05) is 16.8 Å². The SMILES string of the molecule is CCCN1C(=O)CCc2cc(NC(=O)c3ccncc3F)ccc21. The number of anilines is 2. The monoisotopic (exact) mass is 327 g/mol. The van der Waals surface area contributed by atoms with Crippen molar-refractivity contribution in [1.82, 2.24) is 4.98 Å². The fourth-order valence-electron chi connectivity index (χ4n) is 2.86. The molecular formula is C18H18FN3O2. The lowest BCUT2D eigenvalue weighted by Gasteiger charge is -2.29. The molecule has 1 aromatic heterocycles. The molecule has 1 aliphatic rings. The molecule has 0 fully saturated rings. The van der Waals surface area contributed by atoms with Gasteiger partial charge in [0.1, 0.15) is 0 Å². The molecule has 0 saturated heterocycles. The molecule has 0 aliphatic carbocycles. The molecule has 2 amide bonds. The second-order valence-electron chi connectivity index (χ2n) is 5.70. The first-order valence-corrected chi connectivity index (χ1v) is 7.94. The van der Waals surface area contributed by atoms with E-state index >= 15 is 0 Å². The van der Waals surface area contributed by atoms with E-state index in [-0.39, 0.29) is 11.5 Å². The van der Waals surface area contributed by atoms with Gasteiger partial charge in [-0.3, -0.25) is 14.6 Å². The van der Waals surface area contributed by atoms with Crippen LogP contribution in [0.25, 0.3) is 0 Å². The van der Waals surface area contributed by atoms with Crippen LogP contribution in [0.15, 0.2) is 36.7 Å². The number of halogens is 1. The average Bonchev–Trinajstić information content (AvgIpc) is 2.58. The Balaban J connectivity index is 1.83. The summed E-state index contributed by atoms with van der Waals surface area (Å²) < 4.78 is 13.6. The predicted octanol–water partition coefficient (Wildman–Crippen LogP) is 3.16. The average molecular weight is 327 g/mol. The number of aryl methyl sites for hydroxylation is 1. The fraction of sp³-hybridized carbons (Fsp3) is 0.278. The Bertz CT molecular complexity index is 792. The first-order valence-electron chi connectivity index (χ1n) is 7.94. The van der Waals surface area contributed by atoms with Crippen LogP contribution < -0.4 is 10.2 Å². The first kappa shape index (κ1) is 16.1. The van der Waals surface area contributed by atoms with Gasteiger partial charge in [-0.1, -0.05) is 6.92 Å². The molecule has 0 radical (unpaired) electrons. The molecule has 0 atom stereocenters. The maximum atomic E-state index is 13.6. The Morgan fingerprint density at radius 2 is 2.17 bits per heavy atom. The van der Waals surface area contributed by atoms with Gasteiger partial charge >= 0.3 is 0 Å². The Kier molecular flexibility index (Phi) is 4.55. The highest BCUT2D eigenvalue weighted by Crippen LogP contribution is 2.30. The van der Waals surface area contributed by atoms with Crippen LogP contribution in [-0.2, 0) is 11.2 Å². The second kappa shape index (κ2) is 6.78. The van der Waals surface area contributed by atoms with Crippen LogP contribution in [0.2, 0.25) is 0 Å². The number of hydrogen-bond donors (Lipinski definition) is 1. The molecule has 3 rings (SSSR count). The summed E-state index contributed by atoms with van der Waals surface area (Å²) in [6.07, 6.45) is 4.37. The van der Waals surface area contributed by atoms with Crippen molar-refractivity contribution in [2.45, 2.75) is 26.2 Å². The second-order valence-corrected chi connectivity index (χ2v) is 5.70. The molecule has 1 aliphatic heterocycles. The van der Waals surface area contributed by atoms with Crippen LogP contribution in [0.3, 0.4) is 0 Å². The molecule has 2 aromatic rings. The number of carbonyl (C=O) groups is 2. The van der Waals surface area contributed by atoms with Gasteiger partial charge in [0.05, 0.1) is 11.8 Å². The summed E-state index contributed by atoms with van der Waals surface area (Å²) in [5, 5.41) is 2.70. The number of pyridine rings is 1. The van der Waals surface area contributed by atoms with Gasteiger partial charge in [0.15, 0.2) is 5.82 Å². The lowest BCUT2D eigenvalue weighted by molar-refractivity contribution is -0.118. The summed E-state index contributed by atoms with van der Waals surface area (Å²) in [4.78, 5) is 29.6. The maximum Gasteiger partial charge on any atom is 0.258 e. The largest absolute Gasteiger partial charge is 0.322 e. The number of amides is 2. The van der Waals surface area contributed by atoms with Crippen LogP contribution in [0.4, 0.5) is 15.8 Å². The van der Waals surface area contributed by atoms with Crippen molar-refractivity contribution in [3.05, 3.63) is 53.6 Å². The molecular weight excluding hydrogens is 309 g/mol. The van der Waals surface area contributed by atoms with E-state index in [4.69, 9.17) is 0 Å². The van der Waals surface area contributed by atoms with Gasteiger partial charge in [-0.15, -0.1) is 0 Å². The molecule has 1 N–H and O–H groups in total. The Hall–Kier alpha value is -2.76. The molecule has 0 saturated carbocycles. The van der Waals surface area contributed by atoms with Gasteiger partial charge in [0.2, 0.25) is 5.91 Å². The van der Waals surface area contributed by atoms with Gasteiger partial charge in [-0.05, 0) is 42.7 Å². The first-order chi connectivity index (χ1) is 11.6. The summed E-state index contributed by atoms with van der Waals surface area (Å²) in [6.45, 7) is 2.71. The summed E-state index contributed by atoms with van der Waals surface area (Å²) in [6, 6.07) is 6.75. The van der Waals surface area contributed by atoms with Crippen molar-refractivity contribution in [2.24, 2.45) is 0 Å². The molecule has 124 valence electrons. The minimum absolute atomic E-state index is 0.0505. The van der Waals surface area contributed by atoms with Crippen molar-refractivity contribution in [3.8, 4) is 0 Å². The van der Waals surface area contributed by atoms with E-state index in [1.165, 1.54) is 12.3 Å². The zero-order chi connectivity index (χ0) is 17.1. The molecule has 0 spiro atoms. The summed E-state index contributed by atoms with van der Waals surface area (Å²) >= 11 is 0. The molecule has 2 heterocycles. The third-order valence-electron chi connectivity index (χ3n) is 4.00. The van der Waals surface area contributed by atoms with E-state index in [1.54, 1.807) is 11.0 Å². The Labute approximate surface area is 139 Å². The normalized spacial score (nSPS) is 13.6. The third kappa shape index (κ3) is 3.13. The minimum atomic E-state index is -0.660. The van der Waals surface area contributed by atoms with Crippen molar-refractivity contribution >= 4 is 23.2 Å². The number of nitrogens with one attached hydrogen (secondary N) is 1. The Morgan fingerprint density at radius 3 is 2.92 bits per heavy atom. The van der Waals surface area contributed by atoms with E-state index in [0.717, 1.165) is 23.9 Å². The lowest BCUT2D eigenvalue weighted by atomic mass is 10.00. The number of rotatable bonds is 4. The standard InChI is InChI=1S/C18H18FN3O2/c1-2-9-22-16-5-4-13(10-12(16)3-6-17(22)23)21-18(24)14-7-8-20-11-15(14)19/h4-5,7-8,10-11H,2-3,6,9H2,1H3,(H,21,24). The van der Waals surface area contributed by atoms with Crippen molar-refractivity contribution in [1.29, 1.82) is 0 Å². The van der Waals surface area contributed by atoms with Gasteiger partial charge in [-0.25, -0.2) is 4.39 Å². The number of carbonyl (C=O) groups excluding carboxylic acids is 2. The van der Waals surface area contributed by atoms with E-state index in [0.29, 0.717) is 25.1 Å². The number of benzene rings is 1. The minimum Gasteiger partial charge on any atom is -0.322 e. The molecule has 24 heavy (non-hydrogen) atoms. The van der Waals surface area contributed by atoms with Gasteiger partial charge in [0.25, 0.3) is 5.91 Å². The van der Waals surface area contributed by atoms with Gasteiger partial charge in [0, 0.05) is 30.5 Å². The van der Waals surface area contributed by atoms with E-state index in [1.807, 2.05) is 19.1 Å².